The summed E-state index contributed by atoms with van der Waals surface area (Å²) in [6.45, 7) is 1.25. The van der Waals surface area contributed by atoms with Crippen LogP contribution in [0.5, 0.6) is 0 Å². The summed E-state index contributed by atoms with van der Waals surface area (Å²) in [5.41, 5.74) is 0. The SMILES string of the molecule is O=C1CCN(CCc2ccc(Cl)s2)C(=O)C1. The van der Waals surface area contributed by atoms with E-state index in [2.05, 4.69) is 0 Å². The molecule has 1 aromatic heterocycles. The summed E-state index contributed by atoms with van der Waals surface area (Å²) in [7, 11) is 0. The molecule has 0 spiro atoms. The number of rotatable bonds is 3. The molecule has 0 radical (unpaired) electrons. The van der Waals surface area contributed by atoms with Crippen LogP contribution in [0.3, 0.4) is 0 Å². The summed E-state index contributed by atoms with van der Waals surface area (Å²) in [5, 5.41) is 0. The molecule has 0 unspecified atom stereocenters. The number of amides is 1. The number of ketones is 1. The van der Waals surface area contributed by atoms with Crippen LogP contribution in [0.1, 0.15) is 17.7 Å². The number of piperidine rings is 1. The van der Waals surface area contributed by atoms with Crippen LogP contribution >= 0.6 is 22.9 Å². The van der Waals surface area contributed by atoms with Crippen LogP contribution in [0.25, 0.3) is 0 Å². The lowest BCUT2D eigenvalue weighted by atomic mass is 10.1. The Morgan fingerprint density at radius 3 is 2.81 bits per heavy atom. The van der Waals surface area contributed by atoms with E-state index >= 15 is 0 Å². The Balaban J connectivity index is 1.86. The molecule has 2 heterocycles. The number of thiophene rings is 1. The van der Waals surface area contributed by atoms with E-state index in [9.17, 15) is 9.59 Å². The van der Waals surface area contributed by atoms with Gasteiger partial charge in [0.05, 0.1) is 10.8 Å². The van der Waals surface area contributed by atoms with Crippen molar-refractivity contribution in [3.8, 4) is 0 Å². The van der Waals surface area contributed by atoms with Crippen LogP contribution in [0.4, 0.5) is 0 Å². The average Bonchev–Trinajstić information content (AvgIpc) is 2.63. The topological polar surface area (TPSA) is 37.4 Å². The minimum absolute atomic E-state index is 0.0427. The van der Waals surface area contributed by atoms with Crippen molar-refractivity contribution in [2.75, 3.05) is 13.1 Å². The van der Waals surface area contributed by atoms with E-state index in [-0.39, 0.29) is 18.1 Å². The summed E-state index contributed by atoms with van der Waals surface area (Å²) in [6.07, 6.45) is 1.39. The van der Waals surface area contributed by atoms with Crippen LogP contribution in [0.2, 0.25) is 4.34 Å². The van der Waals surface area contributed by atoms with E-state index in [1.165, 1.54) is 16.2 Å². The largest absolute Gasteiger partial charge is 0.342 e. The predicted molar refractivity (Wildman–Crippen MR) is 63.9 cm³/mol. The second-order valence-electron chi connectivity index (χ2n) is 3.80. The van der Waals surface area contributed by atoms with Crippen LogP contribution in [0, 0.1) is 0 Å². The van der Waals surface area contributed by atoms with Gasteiger partial charge in [0, 0.05) is 24.4 Å². The molecule has 1 aliphatic heterocycles. The van der Waals surface area contributed by atoms with E-state index in [0.29, 0.717) is 19.5 Å². The van der Waals surface area contributed by atoms with Crippen LogP contribution in [-0.4, -0.2) is 29.7 Å². The zero-order valence-electron chi connectivity index (χ0n) is 8.74. The highest BCUT2D eigenvalue weighted by Crippen LogP contribution is 2.22. The maximum atomic E-state index is 11.5. The van der Waals surface area contributed by atoms with Crippen molar-refractivity contribution in [1.29, 1.82) is 0 Å². The van der Waals surface area contributed by atoms with Crippen molar-refractivity contribution in [1.82, 2.24) is 4.90 Å². The molecule has 0 bridgehead atoms. The van der Waals surface area contributed by atoms with Gasteiger partial charge in [-0.15, -0.1) is 11.3 Å². The Labute approximate surface area is 103 Å². The molecule has 16 heavy (non-hydrogen) atoms. The van der Waals surface area contributed by atoms with E-state index in [1.54, 1.807) is 4.90 Å². The second kappa shape index (κ2) is 4.97. The zero-order valence-corrected chi connectivity index (χ0v) is 10.3. The maximum Gasteiger partial charge on any atom is 0.230 e. The van der Waals surface area contributed by atoms with E-state index in [4.69, 9.17) is 11.6 Å². The third-order valence-corrected chi connectivity index (χ3v) is 3.91. The number of Topliss-reactive ketones (excluding diaryl/α,β-unsaturated/α-hetero) is 1. The number of carbonyl (C=O) groups excluding carboxylic acids is 2. The standard InChI is InChI=1S/C11H12ClNO2S/c12-10-2-1-9(16-10)4-6-13-5-3-8(14)7-11(13)15/h1-2H,3-7H2. The second-order valence-corrected chi connectivity index (χ2v) is 5.60. The van der Waals surface area contributed by atoms with Crippen molar-refractivity contribution < 1.29 is 9.59 Å². The first kappa shape index (κ1) is 11.6. The van der Waals surface area contributed by atoms with Crippen molar-refractivity contribution in [3.63, 3.8) is 0 Å². The van der Waals surface area contributed by atoms with Gasteiger partial charge in [-0.25, -0.2) is 0 Å². The van der Waals surface area contributed by atoms with E-state index in [1.807, 2.05) is 12.1 Å². The molecule has 0 aromatic carbocycles. The summed E-state index contributed by atoms with van der Waals surface area (Å²) < 4.78 is 0.773. The first-order valence-electron chi connectivity index (χ1n) is 5.19. The predicted octanol–water partition coefficient (Wildman–Crippen LogP) is 2.14. The highest BCUT2D eigenvalue weighted by Gasteiger charge is 2.23. The number of nitrogens with zero attached hydrogens (tertiary/aromatic N) is 1. The first-order valence-corrected chi connectivity index (χ1v) is 6.38. The Kier molecular flexibility index (Phi) is 3.61. The summed E-state index contributed by atoms with van der Waals surface area (Å²) in [6, 6.07) is 3.84. The Morgan fingerprint density at radius 2 is 2.19 bits per heavy atom. The van der Waals surface area contributed by atoms with Gasteiger partial charge in [-0.1, -0.05) is 11.6 Å². The van der Waals surface area contributed by atoms with Crippen LogP contribution in [0.15, 0.2) is 12.1 Å². The van der Waals surface area contributed by atoms with Crippen molar-refractivity contribution in [2.24, 2.45) is 0 Å². The summed E-state index contributed by atoms with van der Waals surface area (Å²) >= 11 is 7.36. The van der Waals surface area contributed by atoms with Gasteiger partial charge in [-0.2, -0.15) is 0 Å². The van der Waals surface area contributed by atoms with Gasteiger partial charge in [0.2, 0.25) is 5.91 Å². The third kappa shape index (κ3) is 2.83. The van der Waals surface area contributed by atoms with Gasteiger partial charge in [-0.05, 0) is 18.6 Å². The highest BCUT2D eigenvalue weighted by atomic mass is 35.5. The number of halogens is 1. The Bertz CT molecular complexity index is 416. The third-order valence-electron chi connectivity index (χ3n) is 2.62. The maximum absolute atomic E-state index is 11.5. The monoisotopic (exact) mass is 257 g/mol. The summed E-state index contributed by atoms with van der Waals surface area (Å²) in [5.74, 6) is 0.0133. The molecular weight excluding hydrogens is 246 g/mol. The van der Waals surface area contributed by atoms with Gasteiger partial charge in [-0.3, -0.25) is 9.59 Å². The van der Waals surface area contributed by atoms with Crippen molar-refractivity contribution in [3.05, 3.63) is 21.3 Å². The fraction of sp³-hybridized carbons (Fsp3) is 0.455. The first-order chi connectivity index (χ1) is 7.65. The molecule has 1 aromatic rings. The van der Waals surface area contributed by atoms with E-state index in [0.717, 1.165) is 10.8 Å². The van der Waals surface area contributed by atoms with E-state index < -0.39 is 0 Å². The normalized spacial score (nSPS) is 16.9. The lowest BCUT2D eigenvalue weighted by Gasteiger charge is -2.25. The number of hydrogen-bond donors (Lipinski definition) is 0. The minimum atomic E-state index is -0.0427. The quantitative estimate of drug-likeness (QED) is 0.778. The van der Waals surface area contributed by atoms with Gasteiger partial charge in [0.15, 0.2) is 0 Å². The van der Waals surface area contributed by atoms with Crippen LogP contribution in [-0.2, 0) is 16.0 Å². The molecule has 1 amide bonds. The van der Waals surface area contributed by atoms with Crippen molar-refractivity contribution >= 4 is 34.6 Å². The molecule has 0 aliphatic carbocycles. The van der Waals surface area contributed by atoms with Gasteiger partial charge >= 0.3 is 0 Å². The molecule has 3 nitrogen and oxygen atoms in total. The molecule has 86 valence electrons. The molecule has 1 saturated heterocycles. The Hall–Kier alpha value is -0.870. The smallest absolute Gasteiger partial charge is 0.230 e. The minimum Gasteiger partial charge on any atom is -0.342 e. The molecule has 1 aliphatic rings. The molecular formula is C11H12ClNO2S. The van der Waals surface area contributed by atoms with Gasteiger partial charge in [0.25, 0.3) is 0 Å². The fourth-order valence-electron chi connectivity index (χ4n) is 1.72. The summed E-state index contributed by atoms with van der Waals surface area (Å²) in [4.78, 5) is 25.5. The molecule has 0 atom stereocenters. The highest BCUT2D eigenvalue weighted by molar-refractivity contribution is 7.16. The van der Waals surface area contributed by atoms with Gasteiger partial charge in [0.1, 0.15) is 5.78 Å². The molecule has 1 fully saturated rings. The molecule has 5 heteroatoms. The van der Waals surface area contributed by atoms with Crippen molar-refractivity contribution in [2.45, 2.75) is 19.3 Å². The van der Waals surface area contributed by atoms with Crippen LogP contribution < -0.4 is 0 Å². The zero-order chi connectivity index (χ0) is 11.5. The average molecular weight is 258 g/mol. The molecule has 0 N–H and O–H groups in total. The molecule has 2 rings (SSSR count). The van der Waals surface area contributed by atoms with Gasteiger partial charge < -0.3 is 4.90 Å². The Morgan fingerprint density at radius 1 is 1.38 bits per heavy atom. The lowest BCUT2D eigenvalue weighted by Crippen LogP contribution is -2.40. The lowest BCUT2D eigenvalue weighted by molar-refractivity contribution is -0.139. The number of likely N-dealkylation sites (tertiary alicyclic amines) is 1. The number of hydrogen-bond acceptors (Lipinski definition) is 3. The fourth-order valence-corrected chi connectivity index (χ4v) is 2.80. The number of carbonyl (C=O) groups is 2. The molecule has 0 saturated carbocycles.